The third-order valence-corrected chi connectivity index (χ3v) is 3.20. The minimum absolute atomic E-state index is 0.0291. The van der Waals surface area contributed by atoms with Crippen LogP contribution in [0.1, 0.15) is 18.4 Å². The van der Waals surface area contributed by atoms with Gasteiger partial charge in [-0.1, -0.05) is 12.1 Å². The molecule has 1 N–H and O–H groups in total. The van der Waals surface area contributed by atoms with Crippen LogP contribution in [0.4, 0.5) is 5.69 Å². The summed E-state index contributed by atoms with van der Waals surface area (Å²) in [5, 5.41) is 2.73. The van der Waals surface area contributed by atoms with Crippen LogP contribution in [0.15, 0.2) is 24.3 Å². The summed E-state index contributed by atoms with van der Waals surface area (Å²) >= 11 is 0. The second kappa shape index (κ2) is 6.41. The molecule has 0 unspecified atom stereocenters. The normalized spacial score (nSPS) is 13.7. The summed E-state index contributed by atoms with van der Waals surface area (Å²) in [6.45, 7) is 0.249. The van der Waals surface area contributed by atoms with Crippen molar-refractivity contribution in [3.05, 3.63) is 29.8 Å². The number of ether oxygens (including phenoxy) is 1. The zero-order chi connectivity index (χ0) is 14.5. The number of amides is 1. The largest absolute Gasteiger partial charge is 0.455 e. The Hall–Kier alpha value is -2.04. The van der Waals surface area contributed by atoms with Gasteiger partial charge in [-0.2, -0.15) is 0 Å². The van der Waals surface area contributed by atoms with Gasteiger partial charge in [-0.05, 0) is 30.5 Å². The molecule has 0 saturated heterocycles. The molecule has 0 atom stereocenters. The molecule has 1 saturated carbocycles. The van der Waals surface area contributed by atoms with Gasteiger partial charge in [0.2, 0.25) is 0 Å². The highest BCUT2D eigenvalue weighted by atomic mass is 16.5. The van der Waals surface area contributed by atoms with Crippen molar-refractivity contribution in [2.45, 2.75) is 19.4 Å². The summed E-state index contributed by atoms with van der Waals surface area (Å²) in [5.41, 5.74) is 2.12. The summed E-state index contributed by atoms with van der Waals surface area (Å²) < 4.78 is 4.91. The Labute approximate surface area is 118 Å². The van der Waals surface area contributed by atoms with Crippen LogP contribution < -0.4 is 10.2 Å². The fourth-order valence-corrected chi connectivity index (χ4v) is 1.74. The van der Waals surface area contributed by atoms with E-state index < -0.39 is 0 Å². The van der Waals surface area contributed by atoms with E-state index >= 15 is 0 Å². The van der Waals surface area contributed by atoms with Gasteiger partial charge in [-0.15, -0.1) is 0 Å². The molecule has 0 radical (unpaired) electrons. The maximum atomic E-state index is 11.5. The Bertz CT molecular complexity index is 478. The van der Waals surface area contributed by atoms with Crippen LogP contribution in [0.25, 0.3) is 0 Å². The first-order valence-electron chi connectivity index (χ1n) is 6.76. The number of rotatable bonds is 6. The van der Waals surface area contributed by atoms with Crippen molar-refractivity contribution >= 4 is 17.6 Å². The van der Waals surface area contributed by atoms with Crippen LogP contribution >= 0.6 is 0 Å². The second-order valence-electron chi connectivity index (χ2n) is 5.22. The molecule has 2 rings (SSSR count). The number of esters is 1. The highest BCUT2D eigenvalue weighted by Gasteiger charge is 2.31. The van der Waals surface area contributed by atoms with Gasteiger partial charge >= 0.3 is 5.97 Å². The van der Waals surface area contributed by atoms with Gasteiger partial charge in [0.25, 0.3) is 5.91 Å². The van der Waals surface area contributed by atoms with E-state index in [4.69, 9.17) is 4.74 Å². The highest BCUT2D eigenvalue weighted by Crippen LogP contribution is 2.29. The number of hydrogen-bond donors (Lipinski definition) is 1. The Kier molecular flexibility index (Phi) is 4.61. The van der Waals surface area contributed by atoms with E-state index in [0.717, 1.165) is 24.1 Å². The molecule has 1 aliphatic rings. The molecule has 108 valence electrons. The summed E-state index contributed by atoms with van der Waals surface area (Å²) in [4.78, 5) is 24.8. The summed E-state index contributed by atoms with van der Waals surface area (Å²) in [5.74, 6) is -0.493. The van der Waals surface area contributed by atoms with Crippen molar-refractivity contribution in [1.82, 2.24) is 5.32 Å². The van der Waals surface area contributed by atoms with Crippen molar-refractivity contribution in [3.8, 4) is 0 Å². The molecule has 1 aromatic rings. The lowest BCUT2D eigenvalue weighted by molar-refractivity contribution is -0.149. The van der Waals surface area contributed by atoms with E-state index in [0.29, 0.717) is 6.54 Å². The maximum absolute atomic E-state index is 11.5. The van der Waals surface area contributed by atoms with Crippen molar-refractivity contribution in [2.75, 3.05) is 25.6 Å². The molecule has 0 bridgehead atoms. The predicted molar refractivity (Wildman–Crippen MR) is 76.3 cm³/mol. The molecule has 1 aromatic carbocycles. The number of nitrogens with one attached hydrogen (secondary N) is 1. The molecule has 5 heteroatoms. The zero-order valence-electron chi connectivity index (χ0n) is 11.9. The number of anilines is 1. The molecular formula is C15H20N2O3. The topological polar surface area (TPSA) is 58.6 Å². The highest BCUT2D eigenvalue weighted by molar-refractivity contribution is 5.82. The van der Waals surface area contributed by atoms with E-state index in [1.807, 2.05) is 43.3 Å². The number of hydrogen-bond acceptors (Lipinski definition) is 4. The first-order chi connectivity index (χ1) is 9.56. The molecule has 0 heterocycles. The van der Waals surface area contributed by atoms with E-state index in [9.17, 15) is 9.59 Å². The molecule has 20 heavy (non-hydrogen) atoms. The number of benzene rings is 1. The van der Waals surface area contributed by atoms with Crippen molar-refractivity contribution in [2.24, 2.45) is 5.92 Å². The minimum Gasteiger partial charge on any atom is -0.455 e. The Morgan fingerprint density at radius 3 is 2.45 bits per heavy atom. The van der Waals surface area contributed by atoms with Crippen LogP contribution in [-0.4, -0.2) is 32.6 Å². The van der Waals surface area contributed by atoms with Crippen LogP contribution in [0.5, 0.6) is 0 Å². The third kappa shape index (κ3) is 4.26. The van der Waals surface area contributed by atoms with Gasteiger partial charge in [0, 0.05) is 26.3 Å². The standard InChI is InChI=1S/C15H20N2O3/c1-17(2)13-7-3-11(4-8-13)9-16-14(18)10-20-15(19)12-5-6-12/h3-4,7-8,12H,5-6,9-10H2,1-2H3,(H,16,18). The molecular weight excluding hydrogens is 256 g/mol. The lowest BCUT2D eigenvalue weighted by Crippen LogP contribution is -2.28. The average Bonchev–Trinajstić information content (AvgIpc) is 3.27. The third-order valence-electron chi connectivity index (χ3n) is 3.20. The Morgan fingerprint density at radius 1 is 1.25 bits per heavy atom. The Morgan fingerprint density at radius 2 is 1.90 bits per heavy atom. The molecule has 5 nitrogen and oxygen atoms in total. The second-order valence-corrected chi connectivity index (χ2v) is 5.22. The van der Waals surface area contributed by atoms with Gasteiger partial charge in [0.05, 0.1) is 5.92 Å². The molecule has 1 aliphatic carbocycles. The van der Waals surface area contributed by atoms with E-state index in [1.165, 1.54) is 0 Å². The van der Waals surface area contributed by atoms with E-state index in [2.05, 4.69) is 5.32 Å². The lowest BCUT2D eigenvalue weighted by Gasteiger charge is -2.13. The van der Waals surface area contributed by atoms with Gasteiger partial charge in [0.1, 0.15) is 0 Å². The summed E-state index contributed by atoms with van der Waals surface area (Å²) in [6, 6.07) is 7.92. The maximum Gasteiger partial charge on any atom is 0.309 e. The lowest BCUT2D eigenvalue weighted by atomic mass is 10.2. The smallest absolute Gasteiger partial charge is 0.309 e. The van der Waals surface area contributed by atoms with Crippen LogP contribution in [0.3, 0.4) is 0 Å². The number of nitrogens with zero attached hydrogens (tertiary/aromatic N) is 1. The van der Waals surface area contributed by atoms with Crippen molar-refractivity contribution in [3.63, 3.8) is 0 Å². The molecule has 0 aliphatic heterocycles. The minimum atomic E-state index is -0.268. The quantitative estimate of drug-likeness (QED) is 0.796. The monoisotopic (exact) mass is 276 g/mol. The summed E-state index contributed by atoms with van der Waals surface area (Å²) in [7, 11) is 3.95. The van der Waals surface area contributed by atoms with Crippen LogP contribution in [0.2, 0.25) is 0 Å². The zero-order valence-corrected chi connectivity index (χ0v) is 11.9. The van der Waals surface area contributed by atoms with E-state index in [1.54, 1.807) is 0 Å². The molecule has 0 aromatic heterocycles. The SMILES string of the molecule is CN(C)c1ccc(CNC(=O)COC(=O)C2CC2)cc1. The fraction of sp³-hybridized carbons (Fsp3) is 0.467. The van der Waals surface area contributed by atoms with Gasteiger partial charge in [-0.25, -0.2) is 0 Å². The predicted octanol–water partition coefficient (Wildman–Crippen LogP) is 1.32. The van der Waals surface area contributed by atoms with Crippen LogP contribution in [-0.2, 0) is 20.9 Å². The van der Waals surface area contributed by atoms with Gasteiger partial charge < -0.3 is 15.0 Å². The van der Waals surface area contributed by atoms with Gasteiger partial charge in [0.15, 0.2) is 6.61 Å². The summed E-state index contributed by atoms with van der Waals surface area (Å²) in [6.07, 6.45) is 1.78. The molecule has 1 fully saturated rings. The number of carbonyl (C=O) groups is 2. The molecule has 1 amide bonds. The fourth-order valence-electron chi connectivity index (χ4n) is 1.74. The van der Waals surface area contributed by atoms with E-state index in [-0.39, 0.29) is 24.4 Å². The molecule has 0 spiro atoms. The Balaban J connectivity index is 1.70. The first-order valence-corrected chi connectivity index (χ1v) is 6.76. The van der Waals surface area contributed by atoms with Gasteiger partial charge in [-0.3, -0.25) is 9.59 Å². The first kappa shape index (κ1) is 14.4. The van der Waals surface area contributed by atoms with Crippen molar-refractivity contribution in [1.29, 1.82) is 0 Å². The number of carbonyl (C=O) groups excluding carboxylic acids is 2. The van der Waals surface area contributed by atoms with Crippen molar-refractivity contribution < 1.29 is 14.3 Å². The van der Waals surface area contributed by atoms with Crippen LogP contribution in [0, 0.1) is 5.92 Å². The average molecular weight is 276 g/mol.